The first-order chi connectivity index (χ1) is 9.43. The maximum absolute atomic E-state index is 14.1. The van der Waals surface area contributed by atoms with E-state index in [-0.39, 0.29) is 22.1 Å². The van der Waals surface area contributed by atoms with E-state index in [1.54, 1.807) is 18.2 Å². The van der Waals surface area contributed by atoms with Gasteiger partial charge in [-0.1, -0.05) is 23.2 Å². The number of methoxy groups -OCH3 is 1. The van der Waals surface area contributed by atoms with Crippen LogP contribution in [-0.2, 0) is 0 Å². The smallest absolute Gasteiger partial charge is 0.169 e. The number of benzene rings is 2. The van der Waals surface area contributed by atoms with Gasteiger partial charge in [-0.3, -0.25) is 0 Å². The monoisotopic (exact) mass is 315 g/mol. The van der Waals surface area contributed by atoms with Gasteiger partial charge in [-0.15, -0.1) is 0 Å². The second-order valence-electron chi connectivity index (χ2n) is 4.03. The standard InChI is InChI=1S/C13H12Cl2FN3O/c1-20-10-4-6(2-3-7(10)14)19-13-9(18)5-8(17)11(15)12(13)16/h2-5,19H,17-18H2,1H3. The van der Waals surface area contributed by atoms with Crippen molar-refractivity contribution in [2.45, 2.75) is 0 Å². The van der Waals surface area contributed by atoms with E-state index in [1.807, 2.05) is 0 Å². The number of rotatable bonds is 3. The van der Waals surface area contributed by atoms with Gasteiger partial charge < -0.3 is 21.5 Å². The van der Waals surface area contributed by atoms with Gasteiger partial charge >= 0.3 is 0 Å². The molecule has 0 aliphatic carbocycles. The first-order valence-corrected chi connectivity index (χ1v) is 6.33. The highest BCUT2D eigenvalue weighted by molar-refractivity contribution is 6.33. The van der Waals surface area contributed by atoms with Crippen LogP contribution in [0, 0.1) is 5.82 Å². The van der Waals surface area contributed by atoms with Crippen molar-refractivity contribution >= 4 is 46.0 Å². The summed E-state index contributed by atoms with van der Waals surface area (Å²) in [4.78, 5) is 0. The van der Waals surface area contributed by atoms with Crippen LogP contribution in [0.2, 0.25) is 10.0 Å². The van der Waals surface area contributed by atoms with Gasteiger partial charge in [-0.05, 0) is 18.2 Å². The van der Waals surface area contributed by atoms with E-state index < -0.39 is 5.82 Å². The maximum Gasteiger partial charge on any atom is 0.169 e. The molecule has 2 rings (SSSR count). The number of ether oxygens (including phenoxy) is 1. The zero-order chi connectivity index (χ0) is 14.9. The molecule has 5 N–H and O–H groups in total. The highest BCUT2D eigenvalue weighted by Crippen LogP contribution is 2.36. The third-order valence-corrected chi connectivity index (χ3v) is 3.38. The van der Waals surface area contributed by atoms with Crippen molar-refractivity contribution in [3.8, 4) is 5.75 Å². The largest absolute Gasteiger partial charge is 0.495 e. The van der Waals surface area contributed by atoms with Gasteiger partial charge in [0.05, 0.1) is 29.2 Å². The van der Waals surface area contributed by atoms with Crippen LogP contribution >= 0.6 is 23.2 Å². The van der Waals surface area contributed by atoms with E-state index in [9.17, 15) is 4.39 Å². The third-order valence-electron chi connectivity index (χ3n) is 2.69. The van der Waals surface area contributed by atoms with Gasteiger partial charge in [0.15, 0.2) is 5.82 Å². The Bertz CT molecular complexity index is 665. The normalized spacial score (nSPS) is 10.4. The molecule has 0 heterocycles. The van der Waals surface area contributed by atoms with Crippen LogP contribution in [0.4, 0.5) is 27.1 Å². The lowest BCUT2D eigenvalue weighted by atomic mass is 10.2. The first-order valence-electron chi connectivity index (χ1n) is 5.57. The number of nitrogens with one attached hydrogen (secondary N) is 1. The van der Waals surface area contributed by atoms with E-state index in [0.29, 0.717) is 16.5 Å². The highest BCUT2D eigenvalue weighted by Gasteiger charge is 2.15. The van der Waals surface area contributed by atoms with Crippen molar-refractivity contribution in [1.29, 1.82) is 0 Å². The molecule has 0 amide bonds. The summed E-state index contributed by atoms with van der Waals surface area (Å²) in [6, 6.07) is 6.29. The highest BCUT2D eigenvalue weighted by atomic mass is 35.5. The average molecular weight is 316 g/mol. The zero-order valence-electron chi connectivity index (χ0n) is 10.5. The topological polar surface area (TPSA) is 73.3 Å². The summed E-state index contributed by atoms with van der Waals surface area (Å²) in [6.45, 7) is 0. The lowest BCUT2D eigenvalue weighted by molar-refractivity contribution is 0.415. The molecule has 20 heavy (non-hydrogen) atoms. The van der Waals surface area contributed by atoms with Crippen molar-refractivity contribution in [1.82, 2.24) is 0 Å². The quantitative estimate of drug-likeness (QED) is 0.747. The van der Waals surface area contributed by atoms with Crippen molar-refractivity contribution in [2.24, 2.45) is 0 Å². The molecule has 0 fully saturated rings. The van der Waals surface area contributed by atoms with Crippen molar-refractivity contribution in [2.75, 3.05) is 23.9 Å². The SMILES string of the molecule is COc1cc(Nc2c(N)cc(N)c(Cl)c2F)ccc1Cl. The lowest BCUT2D eigenvalue weighted by Gasteiger charge is -2.14. The van der Waals surface area contributed by atoms with Gasteiger partial charge in [-0.25, -0.2) is 4.39 Å². The van der Waals surface area contributed by atoms with Gasteiger partial charge in [0.1, 0.15) is 10.8 Å². The second-order valence-corrected chi connectivity index (χ2v) is 4.82. The minimum absolute atomic E-state index is 0.0496. The predicted octanol–water partition coefficient (Wildman–Crippen LogP) is 4.05. The third kappa shape index (κ3) is 2.69. The summed E-state index contributed by atoms with van der Waals surface area (Å²) in [7, 11) is 1.49. The van der Waals surface area contributed by atoms with Crippen LogP contribution < -0.4 is 21.5 Å². The molecular weight excluding hydrogens is 304 g/mol. The summed E-state index contributed by atoms with van der Waals surface area (Å²) in [5.41, 5.74) is 12.1. The van der Waals surface area contributed by atoms with Crippen LogP contribution in [0.1, 0.15) is 0 Å². The Hall–Kier alpha value is -1.85. The summed E-state index contributed by atoms with van der Waals surface area (Å²) in [5, 5.41) is 3.10. The van der Waals surface area contributed by atoms with Crippen molar-refractivity contribution in [3.63, 3.8) is 0 Å². The van der Waals surface area contributed by atoms with Crippen LogP contribution in [0.15, 0.2) is 24.3 Å². The number of halogens is 3. The Morgan fingerprint density at radius 1 is 1.15 bits per heavy atom. The Labute approximate surface area is 125 Å². The minimum atomic E-state index is -0.710. The second kappa shape index (κ2) is 5.64. The van der Waals surface area contributed by atoms with Gasteiger partial charge in [0.25, 0.3) is 0 Å². The fraction of sp³-hybridized carbons (Fsp3) is 0.0769. The molecule has 0 unspecified atom stereocenters. The summed E-state index contributed by atoms with van der Waals surface area (Å²) in [6.07, 6.45) is 0. The van der Waals surface area contributed by atoms with E-state index in [0.717, 1.165) is 0 Å². The van der Waals surface area contributed by atoms with E-state index >= 15 is 0 Å². The molecule has 0 saturated carbocycles. The zero-order valence-corrected chi connectivity index (χ0v) is 12.0. The lowest BCUT2D eigenvalue weighted by Crippen LogP contribution is -2.02. The predicted molar refractivity (Wildman–Crippen MR) is 81.5 cm³/mol. The molecule has 2 aromatic rings. The fourth-order valence-corrected chi connectivity index (χ4v) is 2.02. The van der Waals surface area contributed by atoms with Gasteiger partial charge in [0.2, 0.25) is 0 Å². The Morgan fingerprint density at radius 3 is 2.50 bits per heavy atom. The summed E-state index contributed by atoms with van der Waals surface area (Å²) >= 11 is 11.7. The molecule has 0 saturated heterocycles. The Balaban J connectivity index is 2.42. The molecular formula is C13H12Cl2FN3O. The average Bonchev–Trinajstić information content (AvgIpc) is 2.43. The van der Waals surface area contributed by atoms with Gasteiger partial charge in [0, 0.05) is 11.8 Å². The minimum Gasteiger partial charge on any atom is -0.495 e. The van der Waals surface area contributed by atoms with E-state index in [1.165, 1.54) is 13.2 Å². The van der Waals surface area contributed by atoms with E-state index in [4.69, 9.17) is 39.4 Å². The fourth-order valence-electron chi connectivity index (χ4n) is 1.68. The van der Waals surface area contributed by atoms with Gasteiger partial charge in [-0.2, -0.15) is 0 Å². The molecule has 0 radical (unpaired) electrons. The first kappa shape index (κ1) is 14.6. The molecule has 0 aliphatic rings. The number of anilines is 4. The number of nitrogen functional groups attached to an aromatic ring is 2. The molecule has 0 atom stereocenters. The summed E-state index contributed by atoms with van der Waals surface area (Å²) in [5.74, 6) is -0.254. The van der Waals surface area contributed by atoms with Crippen LogP contribution in [0.5, 0.6) is 5.75 Å². The molecule has 0 aliphatic heterocycles. The van der Waals surface area contributed by atoms with Crippen molar-refractivity contribution < 1.29 is 9.13 Å². The summed E-state index contributed by atoms with van der Waals surface area (Å²) < 4.78 is 19.1. The molecule has 0 bridgehead atoms. The number of hydrogen-bond donors (Lipinski definition) is 3. The molecule has 0 aromatic heterocycles. The van der Waals surface area contributed by atoms with Crippen LogP contribution in [0.3, 0.4) is 0 Å². The Morgan fingerprint density at radius 2 is 1.85 bits per heavy atom. The maximum atomic E-state index is 14.1. The number of hydrogen-bond acceptors (Lipinski definition) is 4. The van der Waals surface area contributed by atoms with Crippen LogP contribution in [0.25, 0.3) is 0 Å². The molecule has 2 aromatic carbocycles. The molecule has 4 nitrogen and oxygen atoms in total. The van der Waals surface area contributed by atoms with Crippen LogP contribution in [-0.4, -0.2) is 7.11 Å². The van der Waals surface area contributed by atoms with Crippen molar-refractivity contribution in [3.05, 3.63) is 40.1 Å². The Kier molecular flexibility index (Phi) is 4.11. The van der Waals surface area contributed by atoms with E-state index in [2.05, 4.69) is 5.32 Å². The molecule has 106 valence electrons. The number of nitrogens with two attached hydrogens (primary N) is 2. The molecule has 7 heteroatoms. The molecule has 0 spiro atoms.